The lowest BCUT2D eigenvalue weighted by Gasteiger charge is -2.10. The summed E-state index contributed by atoms with van der Waals surface area (Å²) in [4.78, 5) is 11.1. The largest absolute Gasteiger partial charge is 0.459 e. The van der Waals surface area contributed by atoms with Gasteiger partial charge in [0.05, 0.1) is 12.0 Å². The van der Waals surface area contributed by atoms with Gasteiger partial charge in [-0.05, 0) is 13.3 Å². The molecule has 0 bridgehead atoms. The van der Waals surface area contributed by atoms with Gasteiger partial charge in [0.2, 0.25) is 0 Å². The van der Waals surface area contributed by atoms with Crippen LogP contribution in [0.3, 0.4) is 0 Å². The fourth-order valence-electron chi connectivity index (χ4n) is 1.55. The normalized spacial score (nSPS) is 31.8. The van der Waals surface area contributed by atoms with Crippen molar-refractivity contribution in [1.82, 2.24) is 0 Å². The van der Waals surface area contributed by atoms with Crippen LogP contribution in [0.15, 0.2) is 0 Å². The van der Waals surface area contributed by atoms with Gasteiger partial charge in [-0.1, -0.05) is 13.3 Å². The van der Waals surface area contributed by atoms with Gasteiger partial charge in [-0.15, -0.1) is 0 Å². The van der Waals surface area contributed by atoms with E-state index in [1.165, 1.54) is 0 Å². The Labute approximate surface area is 72.7 Å². The molecule has 0 aromatic carbocycles. The fourth-order valence-corrected chi connectivity index (χ4v) is 1.55. The maximum atomic E-state index is 11.1. The van der Waals surface area contributed by atoms with Gasteiger partial charge >= 0.3 is 5.97 Å². The molecule has 0 spiro atoms. The summed E-state index contributed by atoms with van der Waals surface area (Å²) in [6.07, 6.45) is 1.75. The number of aliphatic hydroxyl groups excluding tert-OH is 1. The molecular weight excluding hydrogens is 156 g/mol. The van der Waals surface area contributed by atoms with Gasteiger partial charge in [-0.25, -0.2) is 0 Å². The highest BCUT2D eigenvalue weighted by Gasteiger charge is 2.35. The molecule has 70 valence electrons. The van der Waals surface area contributed by atoms with E-state index in [-0.39, 0.29) is 18.0 Å². The molecule has 0 saturated carbocycles. The number of ether oxygens (including phenoxy) is 1. The van der Waals surface area contributed by atoms with Crippen molar-refractivity contribution in [3.63, 3.8) is 0 Å². The Balaban J connectivity index is 2.44. The van der Waals surface area contributed by atoms with Crippen LogP contribution in [0, 0.1) is 5.92 Å². The Morgan fingerprint density at radius 2 is 2.42 bits per heavy atom. The third-order valence-electron chi connectivity index (χ3n) is 2.29. The molecule has 3 unspecified atom stereocenters. The van der Waals surface area contributed by atoms with Gasteiger partial charge in [-0.3, -0.25) is 4.79 Å². The zero-order valence-corrected chi connectivity index (χ0v) is 7.62. The summed E-state index contributed by atoms with van der Waals surface area (Å²) in [6.45, 7) is 3.70. The van der Waals surface area contributed by atoms with Gasteiger partial charge in [0.1, 0.15) is 6.10 Å². The molecule has 12 heavy (non-hydrogen) atoms. The highest BCUT2D eigenvalue weighted by molar-refractivity contribution is 5.74. The van der Waals surface area contributed by atoms with Crippen molar-refractivity contribution in [3.05, 3.63) is 0 Å². The average molecular weight is 172 g/mol. The molecule has 0 aliphatic carbocycles. The predicted molar refractivity (Wildman–Crippen MR) is 44.6 cm³/mol. The van der Waals surface area contributed by atoms with E-state index in [9.17, 15) is 9.90 Å². The molecule has 1 aliphatic rings. The molecule has 3 nitrogen and oxygen atoms in total. The zero-order valence-electron chi connectivity index (χ0n) is 7.62. The Morgan fingerprint density at radius 1 is 1.75 bits per heavy atom. The first-order chi connectivity index (χ1) is 5.65. The minimum Gasteiger partial charge on any atom is -0.459 e. The number of aliphatic hydroxyl groups is 1. The first-order valence-corrected chi connectivity index (χ1v) is 4.53. The van der Waals surface area contributed by atoms with Crippen LogP contribution in [-0.2, 0) is 9.53 Å². The van der Waals surface area contributed by atoms with E-state index in [0.717, 1.165) is 12.8 Å². The summed E-state index contributed by atoms with van der Waals surface area (Å²) in [5, 5.41) is 9.18. The Bertz CT molecular complexity index is 165. The fraction of sp³-hybridized carbons (Fsp3) is 0.889. The van der Waals surface area contributed by atoms with Crippen LogP contribution in [0.1, 0.15) is 33.1 Å². The van der Waals surface area contributed by atoms with E-state index in [0.29, 0.717) is 6.42 Å². The summed E-state index contributed by atoms with van der Waals surface area (Å²) < 4.78 is 5.00. The number of hydrogen-bond donors (Lipinski definition) is 1. The second-order valence-electron chi connectivity index (χ2n) is 3.44. The Kier molecular flexibility index (Phi) is 3.09. The summed E-state index contributed by atoms with van der Waals surface area (Å²) in [5.41, 5.74) is 0. The standard InChI is InChI=1S/C9H16O3/c1-3-4-7-5-8(6(2)10)12-9(7)11/h6-8,10H,3-5H2,1-2H3. The van der Waals surface area contributed by atoms with E-state index in [1.54, 1.807) is 6.92 Å². The van der Waals surface area contributed by atoms with Gasteiger partial charge in [0.25, 0.3) is 0 Å². The molecule has 1 rings (SSSR count). The maximum absolute atomic E-state index is 11.1. The van der Waals surface area contributed by atoms with Gasteiger partial charge in [0, 0.05) is 6.42 Å². The molecule has 0 aromatic rings. The SMILES string of the molecule is CCCC1CC(C(C)O)OC1=O. The van der Waals surface area contributed by atoms with Crippen LogP contribution in [0.25, 0.3) is 0 Å². The molecule has 1 saturated heterocycles. The van der Waals surface area contributed by atoms with Crippen molar-refractivity contribution in [3.8, 4) is 0 Å². The van der Waals surface area contributed by atoms with E-state index in [1.807, 2.05) is 6.92 Å². The minimum absolute atomic E-state index is 0.0228. The van der Waals surface area contributed by atoms with E-state index >= 15 is 0 Å². The first-order valence-electron chi connectivity index (χ1n) is 4.53. The molecular formula is C9H16O3. The molecule has 1 N–H and O–H groups in total. The quantitative estimate of drug-likeness (QED) is 0.648. The van der Waals surface area contributed by atoms with Crippen LogP contribution < -0.4 is 0 Å². The summed E-state index contributed by atoms with van der Waals surface area (Å²) >= 11 is 0. The van der Waals surface area contributed by atoms with Crippen molar-refractivity contribution in [1.29, 1.82) is 0 Å². The molecule has 3 atom stereocenters. The minimum atomic E-state index is -0.532. The van der Waals surface area contributed by atoms with E-state index in [4.69, 9.17) is 4.74 Å². The lowest BCUT2D eigenvalue weighted by atomic mass is 9.98. The Hall–Kier alpha value is -0.570. The number of esters is 1. The highest BCUT2D eigenvalue weighted by Crippen LogP contribution is 2.26. The summed E-state index contributed by atoms with van der Waals surface area (Å²) in [5.74, 6) is -0.114. The average Bonchev–Trinajstić information content (AvgIpc) is 2.34. The molecule has 0 aromatic heterocycles. The Morgan fingerprint density at radius 3 is 2.83 bits per heavy atom. The first kappa shape index (κ1) is 9.52. The van der Waals surface area contributed by atoms with Gasteiger partial charge in [-0.2, -0.15) is 0 Å². The van der Waals surface area contributed by atoms with Crippen LogP contribution in [0.5, 0.6) is 0 Å². The topological polar surface area (TPSA) is 46.5 Å². The number of hydrogen-bond acceptors (Lipinski definition) is 3. The molecule has 1 fully saturated rings. The van der Waals surface area contributed by atoms with Crippen LogP contribution in [-0.4, -0.2) is 23.3 Å². The lowest BCUT2D eigenvalue weighted by molar-refractivity contribution is -0.147. The van der Waals surface area contributed by atoms with Crippen LogP contribution in [0.2, 0.25) is 0 Å². The van der Waals surface area contributed by atoms with Crippen molar-refractivity contribution in [2.24, 2.45) is 5.92 Å². The summed E-state index contributed by atoms with van der Waals surface area (Å²) in [7, 11) is 0. The van der Waals surface area contributed by atoms with E-state index in [2.05, 4.69) is 0 Å². The molecule has 3 heteroatoms. The number of cyclic esters (lactones) is 1. The molecule has 0 amide bonds. The van der Waals surface area contributed by atoms with Gasteiger partial charge in [0.15, 0.2) is 0 Å². The monoisotopic (exact) mass is 172 g/mol. The highest BCUT2D eigenvalue weighted by atomic mass is 16.6. The second kappa shape index (κ2) is 3.90. The second-order valence-corrected chi connectivity index (χ2v) is 3.44. The predicted octanol–water partition coefficient (Wildman–Crippen LogP) is 1.10. The van der Waals surface area contributed by atoms with Crippen LogP contribution >= 0.6 is 0 Å². The van der Waals surface area contributed by atoms with Crippen molar-refractivity contribution in [2.75, 3.05) is 0 Å². The van der Waals surface area contributed by atoms with Crippen molar-refractivity contribution in [2.45, 2.75) is 45.3 Å². The van der Waals surface area contributed by atoms with Gasteiger partial charge < -0.3 is 9.84 Å². The van der Waals surface area contributed by atoms with E-state index < -0.39 is 6.10 Å². The zero-order chi connectivity index (χ0) is 9.14. The maximum Gasteiger partial charge on any atom is 0.309 e. The number of rotatable bonds is 3. The number of carbonyl (C=O) groups is 1. The molecule has 1 heterocycles. The third-order valence-corrected chi connectivity index (χ3v) is 2.29. The van der Waals surface area contributed by atoms with Crippen LogP contribution in [0.4, 0.5) is 0 Å². The molecule has 1 aliphatic heterocycles. The lowest BCUT2D eigenvalue weighted by Crippen LogP contribution is -2.21. The third kappa shape index (κ3) is 1.97. The van der Waals surface area contributed by atoms with Crippen molar-refractivity contribution >= 4 is 5.97 Å². The van der Waals surface area contributed by atoms with Crippen molar-refractivity contribution < 1.29 is 14.6 Å². The molecule has 0 radical (unpaired) electrons. The smallest absolute Gasteiger partial charge is 0.309 e. The number of carbonyl (C=O) groups excluding carboxylic acids is 1. The summed E-state index contributed by atoms with van der Waals surface area (Å²) in [6, 6.07) is 0.